The average molecular weight is 291 g/mol. The first-order valence-electron chi connectivity index (χ1n) is 7.98. The topological polar surface area (TPSA) is 38.2 Å². The minimum absolute atomic E-state index is 0.0489. The normalized spacial score (nSPS) is 16.4. The molecular weight excluding hydrogens is 262 g/mol. The first kappa shape index (κ1) is 16.2. The molecular formula is C17H29N3O. The maximum Gasteiger partial charge on any atom is 0.136 e. The van der Waals surface area contributed by atoms with Crippen LogP contribution in [0, 0.1) is 5.92 Å². The van der Waals surface area contributed by atoms with E-state index in [4.69, 9.17) is 9.72 Å². The highest BCUT2D eigenvalue weighted by Gasteiger charge is 2.22. The summed E-state index contributed by atoms with van der Waals surface area (Å²) in [7, 11) is 3.85. The van der Waals surface area contributed by atoms with Gasteiger partial charge >= 0.3 is 0 Å². The average Bonchev–Trinajstić information content (AvgIpc) is 2.90. The van der Waals surface area contributed by atoms with Crippen molar-refractivity contribution >= 4 is 5.82 Å². The summed E-state index contributed by atoms with van der Waals surface area (Å²) < 4.78 is 5.25. The lowest BCUT2D eigenvalue weighted by molar-refractivity contribution is 0.181. The molecule has 0 N–H and O–H groups in total. The van der Waals surface area contributed by atoms with Crippen molar-refractivity contribution in [2.45, 2.75) is 58.5 Å². The molecule has 1 aliphatic rings. The Morgan fingerprint density at radius 2 is 1.90 bits per heavy atom. The van der Waals surface area contributed by atoms with Gasteiger partial charge in [0.2, 0.25) is 0 Å². The fourth-order valence-corrected chi connectivity index (χ4v) is 2.91. The molecule has 2 rings (SSSR count). The SMILES string of the molecule is COCc1cc(N(C)CC2CCCC2)nc(C(C)(C)C)n1. The van der Waals surface area contributed by atoms with Gasteiger partial charge in [-0.05, 0) is 18.8 Å². The molecule has 0 aromatic carbocycles. The van der Waals surface area contributed by atoms with E-state index in [1.807, 2.05) is 0 Å². The van der Waals surface area contributed by atoms with Crippen LogP contribution in [-0.4, -0.2) is 30.7 Å². The van der Waals surface area contributed by atoms with E-state index in [0.717, 1.165) is 29.8 Å². The lowest BCUT2D eigenvalue weighted by atomic mass is 9.95. The van der Waals surface area contributed by atoms with Gasteiger partial charge in [-0.25, -0.2) is 9.97 Å². The summed E-state index contributed by atoms with van der Waals surface area (Å²) in [6.45, 7) is 8.09. The number of ether oxygens (including phenoxy) is 1. The zero-order valence-electron chi connectivity index (χ0n) is 14.1. The molecule has 1 fully saturated rings. The second-order valence-corrected chi connectivity index (χ2v) is 7.26. The second-order valence-electron chi connectivity index (χ2n) is 7.26. The Hall–Kier alpha value is -1.16. The molecule has 0 unspecified atom stereocenters. The number of hydrogen-bond donors (Lipinski definition) is 0. The van der Waals surface area contributed by atoms with Crippen LogP contribution < -0.4 is 4.90 Å². The number of methoxy groups -OCH3 is 1. The summed E-state index contributed by atoms with van der Waals surface area (Å²) in [4.78, 5) is 11.7. The highest BCUT2D eigenvalue weighted by molar-refractivity contribution is 5.39. The van der Waals surface area contributed by atoms with E-state index in [1.165, 1.54) is 25.7 Å². The van der Waals surface area contributed by atoms with Crippen molar-refractivity contribution in [3.05, 3.63) is 17.6 Å². The molecule has 0 amide bonds. The number of rotatable bonds is 5. The molecule has 1 saturated carbocycles. The Morgan fingerprint density at radius 3 is 2.48 bits per heavy atom. The number of hydrogen-bond acceptors (Lipinski definition) is 4. The van der Waals surface area contributed by atoms with Crippen LogP contribution in [-0.2, 0) is 16.8 Å². The molecule has 1 aromatic rings. The Morgan fingerprint density at radius 1 is 1.24 bits per heavy atom. The molecule has 0 saturated heterocycles. The van der Waals surface area contributed by atoms with E-state index in [0.29, 0.717) is 6.61 Å². The van der Waals surface area contributed by atoms with Crippen molar-refractivity contribution in [2.24, 2.45) is 5.92 Å². The standard InChI is InChI=1S/C17H29N3O/c1-17(2,3)16-18-14(12-21-5)10-15(19-16)20(4)11-13-8-6-7-9-13/h10,13H,6-9,11-12H2,1-5H3. The summed E-state index contributed by atoms with van der Waals surface area (Å²) in [6.07, 6.45) is 5.47. The molecule has 0 bridgehead atoms. The summed E-state index contributed by atoms with van der Waals surface area (Å²) in [5.74, 6) is 2.73. The molecule has 4 heteroatoms. The van der Waals surface area contributed by atoms with E-state index in [9.17, 15) is 0 Å². The van der Waals surface area contributed by atoms with Gasteiger partial charge in [-0.15, -0.1) is 0 Å². The predicted octanol–water partition coefficient (Wildman–Crippen LogP) is 3.55. The van der Waals surface area contributed by atoms with E-state index in [1.54, 1.807) is 7.11 Å². The third-order valence-electron chi connectivity index (χ3n) is 4.13. The molecule has 1 aliphatic carbocycles. The quantitative estimate of drug-likeness (QED) is 0.831. The van der Waals surface area contributed by atoms with Gasteiger partial charge in [0, 0.05) is 32.2 Å². The molecule has 0 spiro atoms. The lowest BCUT2D eigenvalue weighted by Gasteiger charge is -2.25. The number of nitrogens with zero attached hydrogens (tertiary/aromatic N) is 3. The van der Waals surface area contributed by atoms with Gasteiger partial charge in [-0.1, -0.05) is 33.6 Å². The van der Waals surface area contributed by atoms with Crippen LogP contribution in [0.1, 0.15) is 58.0 Å². The molecule has 0 aliphatic heterocycles. The van der Waals surface area contributed by atoms with Crippen molar-refractivity contribution in [1.82, 2.24) is 9.97 Å². The third kappa shape index (κ3) is 4.40. The Bertz CT molecular complexity index is 462. The minimum atomic E-state index is -0.0489. The molecule has 118 valence electrons. The third-order valence-corrected chi connectivity index (χ3v) is 4.13. The van der Waals surface area contributed by atoms with Crippen molar-refractivity contribution in [3.8, 4) is 0 Å². The maximum atomic E-state index is 5.25. The lowest BCUT2D eigenvalue weighted by Crippen LogP contribution is -2.27. The molecule has 21 heavy (non-hydrogen) atoms. The van der Waals surface area contributed by atoms with Crippen molar-refractivity contribution < 1.29 is 4.74 Å². The van der Waals surface area contributed by atoms with Crippen LogP contribution in [0.5, 0.6) is 0 Å². The molecule has 4 nitrogen and oxygen atoms in total. The number of anilines is 1. The van der Waals surface area contributed by atoms with Gasteiger partial charge < -0.3 is 9.64 Å². The zero-order valence-corrected chi connectivity index (χ0v) is 14.1. The smallest absolute Gasteiger partial charge is 0.136 e. The van der Waals surface area contributed by atoms with Crippen LogP contribution in [0.15, 0.2) is 6.07 Å². The van der Waals surface area contributed by atoms with E-state index < -0.39 is 0 Å². The Balaban J connectivity index is 2.21. The number of aromatic nitrogens is 2. The van der Waals surface area contributed by atoms with E-state index in [2.05, 4.69) is 43.8 Å². The first-order valence-corrected chi connectivity index (χ1v) is 7.98. The summed E-state index contributed by atoms with van der Waals surface area (Å²) in [6, 6.07) is 2.06. The molecule has 0 radical (unpaired) electrons. The van der Waals surface area contributed by atoms with Gasteiger partial charge in [-0.2, -0.15) is 0 Å². The van der Waals surface area contributed by atoms with Crippen molar-refractivity contribution in [3.63, 3.8) is 0 Å². The molecule has 1 heterocycles. The molecule has 0 atom stereocenters. The fraction of sp³-hybridized carbons (Fsp3) is 0.765. The summed E-state index contributed by atoms with van der Waals surface area (Å²) in [5.41, 5.74) is 0.915. The van der Waals surface area contributed by atoms with Crippen LogP contribution in [0.25, 0.3) is 0 Å². The highest BCUT2D eigenvalue weighted by Crippen LogP contribution is 2.27. The predicted molar refractivity (Wildman–Crippen MR) is 86.7 cm³/mol. The largest absolute Gasteiger partial charge is 0.378 e. The van der Waals surface area contributed by atoms with Gasteiger partial charge in [0.25, 0.3) is 0 Å². The Labute approximate surface area is 128 Å². The monoisotopic (exact) mass is 291 g/mol. The van der Waals surface area contributed by atoms with Gasteiger partial charge in [0.15, 0.2) is 0 Å². The summed E-state index contributed by atoms with van der Waals surface area (Å²) >= 11 is 0. The van der Waals surface area contributed by atoms with Gasteiger partial charge in [0.1, 0.15) is 11.6 Å². The first-order chi connectivity index (χ1) is 9.90. The van der Waals surface area contributed by atoms with Crippen LogP contribution in [0.2, 0.25) is 0 Å². The van der Waals surface area contributed by atoms with Crippen molar-refractivity contribution in [1.29, 1.82) is 0 Å². The highest BCUT2D eigenvalue weighted by atomic mass is 16.5. The van der Waals surface area contributed by atoms with E-state index in [-0.39, 0.29) is 5.41 Å². The minimum Gasteiger partial charge on any atom is -0.378 e. The van der Waals surface area contributed by atoms with Crippen LogP contribution in [0.3, 0.4) is 0 Å². The van der Waals surface area contributed by atoms with E-state index >= 15 is 0 Å². The van der Waals surface area contributed by atoms with Gasteiger partial charge in [0.05, 0.1) is 12.3 Å². The van der Waals surface area contributed by atoms with Crippen LogP contribution >= 0.6 is 0 Å². The summed E-state index contributed by atoms with van der Waals surface area (Å²) in [5, 5.41) is 0. The maximum absolute atomic E-state index is 5.25. The Kier molecular flexibility index (Phi) is 5.20. The molecule has 1 aromatic heterocycles. The fourth-order valence-electron chi connectivity index (χ4n) is 2.91. The van der Waals surface area contributed by atoms with Crippen molar-refractivity contribution in [2.75, 3.05) is 25.6 Å². The van der Waals surface area contributed by atoms with Gasteiger partial charge in [-0.3, -0.25) is 0 Å². The second kappa shape index (κ2) is 6.73. The zero-order chi connectivity index (χ0) is 15.5. The van der Waals surface area contributed by atoms with Crippen LogP contribution in [0.4, 0.5) is 5.82 Å².